The van der Waals surface area contributed by atoms with E-state index in [0.717, 1.165) is 5.76 Å². The number of nitrogens with one attached hydrogen (secondary N) is 1. The lowest BCUT2D eigenvalue weighted by Gasteiger charge is -2.07. The van der Waals surface area contributed by atoms with Gasteiger partial charge in [-0.15, -0.1) is 5.10 Å². The Labute approximate surface area is 92.8 Å². The van der Waals surface area contributed by atoms with Crippen LogP contribution in [-0.4, -0.2) is 10.2 Å². The number of anilines is 1. The molecule has 2 aromatic rings. The Morgan fingerprint density at radius 3 is 2.75 bits per heavy atom. The minimum Gasteiger partial charge on any atom is -0.467 e. The Bertz CT molecular complexity index is 435. The third-order valence-electron chi connectivity index (χ3n) is 2.14. The summed E-state index contributed by atoms with van der Waals surface area (Å²) < 4.78 is 10.6. The number of nitrogens with zero attached hydrogens (tertiary/aromatic N) is 2. The summed E-state index contributed by atoms with van der Waals surface area (Å²) in [6, 6.07) is 3.75. The van der Waals surface area contributed by atoms with E-state index in [0.29, 0.717) is 11.9 Å². The molecule has 6 nitrogen and oxygen atoms in total. The highest BCUT2D eigenvalue weighted by molar-refractivity contribution is 5.23. The molecule has 0 aliphatic rings. The summed E-state index contributed by atoms with van der Waals surface area (Å²) in [6.45, 7) is 3.72. The second-order valence-electron chi connectivity index (χ2n) is 3.62. The zero-order valence-corrected chi connectivity index (χ0v) is 9.18. The van der Waals surface area contributed by atoms with Crippen molar-refractivity contribution in [3.05, 3.63) is 30.0 Å². The van der Waals surface area contributed by atoms with Gasteiger partial charge in [0.15, 0.2) is 0 Å². The summed E-state index contributed by atoms with van der Waals surface area (Å²) in [5.41, 5.74) is 5.61. The van der Waals surface area contributed by atoms with Gasteiger partial charge in [0.1, 0.15) is 5.76 Å². The van der Waals surface area contributed by atoms with E-state index in [4.69, 9.17) is 14.6 Å². The monoisotopic (exact) mass is 222 g/mol. The van der Waals surface area contributed by atoms with Crippen molar-refractivity contribution in [2.45, 2.75) is 25.9 Å². The van der Waals surface area contributed by atoms with E-state index in [2.05, 4.69) is 15.5 Å². The highest BCUT2D eigenvalue weighted by Gasteiger charge is 2.14. The summed E-state index contributed by atoms with van der Waals surface area (Å²) in [6.07, 6.45) is 1.62. The molecule has 0 aromatic carbocycles. The van der Waals surface area contributed by atoms with Crippen LogP contribution in [0.4, 0.5) is 6.01 Å². The molecule has 6 heteroatoms. The summed E-state index contributed by atoms with van der Waals surface area (Å²) >= 11 is 0. The lowest BCUT2D eigenvalue weighted by molar-refractivity contribution is 0.456. The van der Waals surface area contributed by atoms with Gasteiger partial charge in [0.05, 0.1) is 18.3 Å². The molecule has 0 fully saturated rings. The Morgan fingerprint density at radius 2 is 2.19 bits per heavy atom. The van der Waals surface area contributed by atoms with Gasteiger partial charge in [-0.1, -0.05) is 5.10 Å². The van der Waals surface area contributed by atoms with Gasteiger partial charge >= 0.3 is 6.01 Å². The quantitative estimate of drug-likeness (QED) is 0.820. The van der Waals surface area contributed by atoms with Crippen molar-refractivity contribution in [1.82, 2.24) is 10.2 Å². The first-order valence-electron chi connectivity index (χ1n) is 5.05. The van der Waals surface area contributed by atoms with E-state index in [1.165, 1.54) is 0 Å². The Morgan fingerprint density at radius 1 is 1.38 bits per heavy atom. The van der Waals surface area contributed by atoms with Crippen LogP contribution in [0.2, 0.25) is 0 Å². The van der Waals surface area contributed by atoms with Crippen LogP contribution in [0.3, 0.4) is 0 Å². The van der Waals surface area contributed by atoms with E-state index in [1.54, 1.807) is 13.2 Å². The zero-order valence-electron chi connectivity index (χ0n) is 9.18. The van der Waals surface area contributed by atoms with E-state index >= 15 is 0 Å². The van der Waals surface area contributed by atoms with E-state index < -0.39 is 0 Å². The molecular weight excluding hydrogens is 208 g/mol. The van der Waals surface area contributed by atoms with Gasteiger partial charge in [0.2, 0.25) is 5.89 Å². The van der Waals surface area contributed by atoms with Gasteiger partial charge in [-0.05, 0) is 26.0 Å². The lowest BCUT2D eigenvalue weighted by atomic mass is 10.3. The molecule has 3 N–H and O–H groups in total. The predicted octanol–water partition coefficient (Wildman–Crippen LogP) is 1.86. The van der Waals surface area contributed by atoms with Gasteiger partial charge in [-0.25, -0.2) is 0 Å². The van der Waals surface area contributed by atoms with Crippen LogP contribution in [0.1, 0.15) is 37.6 Å². The molecule has 2 heterocycles. The van der Waals surface area contributed by atoms with Crippen LogP contribution in [0.15, 0.2) is 27.2 Å². The molecule has 0 aliphatic carbocycles. The fourth-order valence-electron chi connectivity index (χ4n) is 1.27. The maximum atomic E-state index is 5.61. The fourth-order valence-corrected chi connectivity index (χ4v) is 1.27. The molecule has 0 aliphatic heterocycles. The van der Waals surface area contributed by atoms with Crippen molar-refractivity contribution in [2.24, 2.45) is 5.73 Å². The Hall–Kier alpha value is -1.82. The molecule has 2 rings (SSSR count). The average Bonchev–Trinajstić information content (AvgIpc) is 2.87. The van der Waals surface area contributed by atoms with Crippen LogP contribution in [-0.2, 0) is 0 Å². The maximum absolute atomic E-state index is 5.61. The highest BCUT2D eigenvalue weighted by atomic mass is 16.4. The number of furan rings is 1. The van der Waals surface area contributed by atoms with Crippen LogP contribution in [0.5, 0.6) is 0 Å². The van der Waals surface area contributed by atoms with Gasteiger partial charge in [-0.3, -0.25) is 0 Å². The number of rotatable bonds is 4. The first-order valence-corrected chi connectivity index (χ1v) is 5.05. The fraction of sp³-hybridized carbons (Fsp3) is 0.400. The second kappa shape index (κ2) is 4.36. The summed E-state index contributed by atoms with van der Waals surface area (Å²) in [7, 11) is 0. The Balaban J connectivity index is 2.03. The first-order chi connectivity index (χ1) is 7.66. The third kappa shape index (κ3) is 2.22. The average molecular weight is 222 g/mol. The van der Waals surface area contributed by atoms with E-state index in [9.17, 15) is 0 Å². The summed E-state index contributed by atoms with van der Waals surface area (Å²) in [5, 5.41) is 10.7. The number of aromatic nitrogens is 2. The first kappa shape index (κ1) is 10.7. The molecule has 2 atom stereocenters. The number of hydrogen-bond donors (Lipinski definition) is 2. The maximum Gasteiger partial charge on any atom is 0.316 e. The normalized spacial score (nSPS) is 14.7. The molecule has 2 unspecified atom stereocenters. The van der Waals surface area contributed by atoms with Gasteiger partial charge < -0.3 is 19.9 Å². The third-order valence-corrected chi connectivity index (χ3v) is 2.14. The van der Waals surface area contributed by atoms with Crippen LogP contribution in [0.25, 0.3) is 0 Å². The van der Waals surface area contributed by atoms with E-state index in [1.807, 2.05) is 19.1 Å². The molecule has 0 amide bonds. The van der Waals surface area contributed by atoms with Crippen molar-refractivity contribution in [2.75, 3.05) is 5.32 Å². The zero-order chi connectivity index (χ0) is 11.5. The molecule has 0 saturated carbocycles. The number of nitrogens with two attached hydrogens (primary N) is 1. The topological polar surface area (TPSA) is 90.1 Å². The molecule has 86 valence electrons. The molecule has 0 spiro atoms. The molecule has 0 bridgehead atoms. The highest BCUT2D eigenvalue weighted by Crippen LogP contribution is 2.19. The number of hydrogen-bond acceptors (Lipinski definition) is 6. The summed E-state index contributed by atoms with van der Waals surface area (Å²) in [5.74, 6) is 1.22. The van der Waals surface area contributed by atoms with Crippen molar-refractivity contribution in [3.63, 3.8) is 0 Å². The van der Waals surface area contributed by atoms with Crippen molar-refractivity contribution in [1.29, 1.82) is 0 Å². The second-order valence-corrected chi connectivity index (χ2v) is 3.62. The predicted molar refractivity (Wildman–Crippen MR) is 57.6 cm³/mol. The van der Waals surface area contributed by atoms with E-state index in [-0.39, 0.29) is 12.1 Å². The molecular formula is C10H14N4O2. The molecule has 16 heavy (non-hydrogen) atoms. The standard InChI is InChI=1S/C10H14N4O2/c1-6(11)9-13-14-10(16-9)12-7(2)8-4-3-5-15-8/h3-7H,11H2,1-2H3,(H,12,14). The molecule has 0 radical (unpaired) electrons. The lowest BCUT2D eigenvalue weighted by Crippen LogP contribution is -2.06. The van der Waals surface area contributed by atoms with Crippen molar-refractivity contribution >= 4 is 6.01 Å². The van der Waals surface area contributed by atoms with Crippen molar-refractivity contribution in [3.8, 4) is 0 Å². The molecule has 2 aromatic heterocycles. The van der Waals surface area contributed by atoms with Crippen molar-refractivity contribution < 1.29 is 8.83 Å². The minimum atomic E-state index is -0.262. The van der Waals surface area contributed by atoms with Gasteiger partial charge in [0, 0.05) is 0 Å². The SMILES string of the molecule is CC(N)c1nnc(NC(C)c2ccco2)o1. The molecule has 0 saturated heterocycles. The summed E-state index contributed by atoms with van der Waals surface area (Å²) in [4.78, 5) is 0. The van der Waals surface area contributed by atoms with Crippen LogP contribution < -0.4 is 11.1 Å². The minimum absolute atomic E-state index is 0.0311. The van der Waals surface area contributed by atoms with Crippen LogP contribution >= 0.6 is 0 Å². The Kier molecular flexibility index (Phi) is 2.91. The smallest absolute Gasteiger partial charge is 0.316 e. The van der Waals surface area contributed by atoms with Gasteiger partial charge in [0.25, 0.3) is 0 Å². The largest absolute Gasteiger partial charge is 0.467 e. The van der Waals surface area contributed by atoms with Crippen LogP contribution in [0, 0.1) is 0 Å². The van der Waals surface area contributed by atoms with Gasteiger partial charge in [-0.2, -0.15) is 0 Å².